The molecule has 1 atom stereocenters. The number of para-hydroxylation sites is 1. The van der Waals surface area contributed by atoms with E-state index in [-0.39, 0.29) is 127 Å². The lowest BCUT2D eigenvalue weighted by Gasteiger charge is -2.33. The summed E-state index contributed by atoms with van der Waals surface area (Å²) in [6, 6.07) is 18.9. The molecule has 0 fully saturated rings. The summed E-state index contributed by atoms with van der Waals surface area (Å²) < 4.78 is 27.0. The second-order valence-corrected chi connectivity index (χ2v) is 18.7. The molecule has 0 aromatic heterocycles. The van der Waals surface area contributed by atoms with E-state index < -0.39 is 24.4 Å². The predicted octanol–water partition coefficient (Wildman–Crippen LogP) is 1.75. The SMILES string of the molecule is COP(O)(=S)OCCCCCCNC(=O)CCC(=O)N1Cc2ccccc2/C(N(N)CCOCCOCCOCCNC(=O)c2cc(C(=O)NCCO)cc(C(=O)NCCO)c2)=C(/N)c2ccccc21. The molecule has 21 nitrogen and oxygen atoms in total. The summed E-state index contributed by atoms with van der Waals surface area (Å²) in [6.45, 7) is -0.813. The van der Waals surface area contributed by atoms with E-state index >= 15 is 0 Å². The van der Waals surface area contributed by atoms with Crippen molar-refractivity contribution in [2.45, 2.75) is 45.1 Å². The standard InChI is InChI=1S/C47H67N8O13PS/c1-64-69(63,70)68-23-9-3-2-8-16-50-41(58)14-15-42(59)54-33-34-10-4-5-11-38(34)44(43(48)39-12-6-7-13-40(39)54)55(49)20-25-66-27-29-67-28-26-65-24-19-53-47(62)37-31-35(45(60)51-17-21-56)30-36(32-37)46(61)52-18-22-57/h4-7,10-13,30-32,56-57H,2-3,8-9,14-29,33,48-49H2,1H3,(H,50,58)(H,51,60)(H,52,61)(H,53,62)(H,63,70)/b44-43-. The van der Waals surface area contributed by atoms with Crippen molar-refractivity contribution >= 4 is 65.1 Å². The molecule has 4 rings (SSSR count). The monoisotopic (exact) mass is 1010 g/mol. The minimum absolute atomic E-state index is 0.00624. The van der Waals surface area contributed by atoms with Gasteiger partial charge in [-0.05, 0) is 54.5 Å². The highest BCUT2D eigenvalue weighted by atomic mass is 32.5. The quantitative estimate of drug-likeness (QED) is 0.0186. The lowest BCUT2D eigenvalue weighted by Crippen LogP contribution is -2.38. The molecule has 1 heterocycles. The molecule has 0 aliphatic carbocycles. The zero-order chi connectivity index (χ0) is 50.7. The summed E-state index contributed by atoms with van der Waals surface area (Å²) >= 11 is 4.82. The highest BCUT2D eigenvalue weighted by molar-refractivity contribution is 8.07. The first-order valence-corrected chi connectivity index (χ1v) is 25.6. The molecular weight excluding hydrogens is 948 g/mol. The van der Waals surface area contributed by atoms with Gasteiger partial charge >= 0.3 is 6.72 Å². The number of fused-ring (bicyclic) bond motifs is 2. The molecule has 3 aromatic rings. The predicted molar refractivity (Wildman–Crippen MR) is 266 cm³/mol. The second-order valence-electron chi connectivity index (χ2n) is 15.7. The Morgan fingerprint density at radius 1 is 0.686 bits per heavy atom. The first kappa shape index (κ1) is 57.2. The number of carbonyl (C=O) groups is 5. The molecule has 384 valence electrons. The molecule has 0 saturated heterocycles. The normalized spacial score (nSPS) is 14.0. The molecule has 1 aliphatic rings. The van der Waals surface area contributed by atoms with E-state index in [1.807, 2.05) is 48.5 Å². The molecule has 0 saturated carbocycles. The number of unbranched alkanes of at least 4 members (excludes halogenated alkanes) is 3. The van der Waals surface area contributed by atoms with Crippen molar-refractivity contribution in [1.82, 2.24) is 26.3 Å². The number of anilines is 1. The topological polar surface area (TPSA) is 299 Å². The van der Waals surface area contributed by atoms with Gasteiger partial charge in [-0.2, -0.15) is 0 Å². The number of hydrogen-bond acceptors (Lipinski definition) is 16. The first-order chi connectivity index (χ1) is 33.8. The van der Waals surface area contributed by atoms with Gasteiger partial charge in [-0.3, -0.25) is 24.0 Å². The number of aliphatic hydroxyl groups excluding tert-OH is 2. The summed E-state index contributed by atoms with van der Waals surface area (Å²) in [7, 11) is 1.31. The number of nitrogens with two attached hydrogens (primary N) is 2. The lowest BCUT2D eigenvalue weighted by molar-refractivity contribution is -0.125. The molecule has 5 amide bonds. The van der Waals surface area contributed by atoms with Crippen LogP contribution in [0.4, 0.5) is 5.69 Å². The van der Waals surface area contributed by atoms with Crippen LogP contribution in [0.25, 0.3) is 11.4 Å². The largest absolute Gasteiger partial charge is 0.396 e. The fourth-order valence-electron chi connectivity index (χ4n) is 7.09. The Balaban J connectivity index is 1.19. The number of ether oxygens (including phenoxy) is 3. The molecule has 3 aromatic carbocycles. The van der Waals surface area contributed by atoms with E-state index in [2.05, 4.69) is 21.3 Å². The van der Waals surface area contributed by atoms with Crippen molar-refractivity contribution < 1.29 is 62.3 Å². The number of rotatable bonds is 32. The van der Waals surface area contributed by atoms with Crippen molar-refractivity contribution in [1.29, 1.82) is 0 Å². The highest BCUT2D eigenvalue weighted by Crippen LogP contribution is 2.42. The van der Waals surface area contributed by atoms with Crippen LogP contribution in [0.2, 0.25) is 0 Å². The smallest absolute Gasteiger partial charge is 0.324 e. The Hall–Kier alpha value is -5.36. The molecule has 0 bridgehead atoms. The van der Waals surface area contributed by atoms with Crippen LogP contribution in [0.15, 0.2) is 66.7 Å². The average Bonchev–Trinajstić information content (AvgIpc) is 3.36. The maximum Gasteiger partial charge on any atom is 0.324 e. The van der Waals surface area contributed by atoms with Crippen LogP contribution in [0.3, 0.4) is 0 Å². The van der Waals surface area contributed by atoms with Gasteiger partial charge < -0.3 is 75.3 Å². The summed E-state index contributed by atoms with van der Waals surface area (Å²) in [4.78, 5) is 75.8. The summed E-state index contributed by atoms with van der Waals surface area (Å²) in [5.74, 6) is 4.58. The number of amides is 5. The van der Waals surface area contributed by atoms with Gasteiger partial charge in [-0.25, -0.2) is 5.84 Å². The molecule has 11 N–H and O–H groups in total. The van der Waals surface area contributed by atoms with Crippen molar-refractivity contribution in [3.8, 4) is 0 Å². The summed E-state index contributed by atoms with van der Waals surface area (Å²) in [5.41, 5.74) is 10.8. The Morgan fingerprint density at radius 3 is 1.84 bits per heavy atom. The highest BCUT2D eigenvalue weighted by Gasteiger charge is 2.28. The number of nitrogens with zero attached hydrogens (tertiary/aromatic N) is 2. The first-order valence-electron chi connectivity index (χ1n) is 23.0. The van der Waals surface area contributed by atoms with Crippen LogP contribution in [-0.4, -0.2) is 149 Å². The van der Waals surface area contributed by atoms with E-state index in [4.69, 9.17) is 56.9 Å². The van der Waals surface area contributed by atoms with Crippen LogP contribution in [0, 0.1) is 0 Å². The van der Waals surface area contributed by atoms with Crippen molar-refractivity contribution in [2.24, 2.45) is 11.6 Å². The number of nitrogens with one attached hydrogen (secondary N) is 4. The minimum atomic E-state index is -3.15. The number of carbonyl (C=O) groups excluding carboxylic acids is 5. The van der Waals surface area contributed by atoms with Crippen LogP contribution >= 0.6 is 6.72 Å². The zero-order valence-corrected chi connectivity index (χ0v) is 41.2. The molecule has 0 radical (unpaired) electrons. The fourth-order valence-corrected chi connectivity index (χ4v) is 7.78. The van der Waals surface area contributed by atoms with Gasteiger partial charge in [0.05, 0.1) is 89.6 Å². The van der Waals surface area contributed by atoms with Crippen molar-refractivity contribution in [3.63, 3.8) is 0 Å². The third-order valence-electron chi connectivity index (χ3n) is 10.6. The fraction of sp³-hybridized carbons (Fsp3) is 0.468. The van der Waals surface area contributed by atoms with E-state index in [1.165, 1.54) is 25.3 Å². The Kier molecular flexibility index (Phi) is 25.4. The lowest BCUT2D eigenvalue weighted by atomic mass is 9.95. The molecule has 23 heteroatoms. The van der Waals surface area contributed by atoms with Crippen molar-refractivity contribution in [3.05, 3.63) is 100 Å². The summed E-state index contributed by atoms with van der Waals surface area (Å²) in [5, 5.41) is 30.2. The maximum absolute atomic E-state index is 13.9. The number of hydrogen-bond donors (Lipinski definition) is 9. The Labute approximate surface area is 413 Å². The Morgan fingerprint density at radius 2 is 1.23 bits per heavy atom. The number of aliphatic hydroxyl groups is 2. The van der Waals surface area contributed by atoms with E-state index in [1.54, 1.807) is 9.91 Å². The molecular formula is C47H67N8O13PS. The second kappa shape index (κ2) is 31.1. The maximum atomic E-state index is 13.9. The minimum Gasteiger partial charge on any atom is -0.396 e. The van der Waals surface area contributed by atoms with Crippen LogP contribution in [0.5, 0.6) is 0 Å². The third-order valence-corrected chi connectivity index (χ3v) is 12.4. The van der Waals surface area contributed by atoms with Gasteiger partial charge in [0, 0.05) is 73.9 Å². The molecule has 0 spiro atoms. The third kappa shape index (κ3) is 19.1. The van der Waals surface area contributed by atoms with Gasteiger partial charge in [0.2, 0.25) is 11.8 Å². The van der Waals surface area contributed by atoms with Crippen LogP contribution in [0.1, 0.15) is 86.3 Å². The molecule has 1 unspecified atom stereocenters. The van der Waals surface area contributed by atoms with E-state index in [9.17, 15) is 28.9 Å². The molecule has 70 heavy (non-hydrogen) atoms. The molecule has 1 aliphatic heterocycles. The van der Waals surface area contributed by atoms with E-state index in [0.29, 0.717) is 42.2 Å². The average molecular weight is 1020 g/mol. The van der Waals surface area contributed by atoms with Gasteiger partial charge in [-0.1, -0.05) is 55.3 Å². The van der Waals surface area contributed by atoms with Gasteiger partial charge in [0.15, 0.2) is 0 Å². The zero-order valence-electron chi connectivity index (χ0n) is 39.5. The van der Waals surface area contributed by atoms with Crippen LogP contribution < -0.4 is 37.7 Å². The van der Waals surface area contributed by atoms with Gasteiger partial charge in [0.25, 0.3) is 17.7 Å². The number of hydrazine groups is 1. The Bertz CT molecular complexity index is 2230. The van der Waals surface area contributed by atoms with Gasteiger partial charge in [-0.15, -0.1) is 0 Å². The van der Waals surface area contributed by atoms with Crippen LogP contribution in [-0.2, 0) is 51.2 Å². The number of benzene rings is 3. The summed E-state index contributed by atoms with van der Waals surface area (Å²) in [6.07, 6.45) is 3.16. The van der Waals surface area contributed by atoms with E-state index in [0.717, 1.165) is 30.4 Å². The van der Waals surface area contributed by atoms with Crippen molar-refractivity contribution in [2.75, 3.05) is 104 Å². The van der Waals surface area contributed by atoms with Gasteiger partial charge in [0.1, 0.15) is 0 Å².